The van der Waals surface area contributed by atoms with Gasteiger partial charge in [-0.15, -0.1) is 5.10 Å². The van der Waals surface area contributed by atoms with Gasteiger partial charge in [-0.1, -0.05) is 46.6 Å². The van der Waals surface area contributed by atoms with E-state index in [4.69, 9.17) is 23.2 Å². The number of hydrogen-bond acceptors (Lipinski definition) is 5. The molecule has 0 amide bonds. The summed E-state index contributed by atoms with van der Waals surface area (Å²) in [6.45, 7) is 3.75. The van der Waals surface area contributed by atoms with Crippen molar-refractivity contribution in [3.05, 3.63) is 94.6 Å². The van der Waals surface area contributed by atoms with E-state index in [1.807, 2.05) is 54.8 Å². The quantitative estimate of drug-likeness (QED) is 0.270. The van der Waals surface area contributed by atoms with Gasteiger partial charge in [0.15, 0.2) is 9.84 Å². The van der Waals surface area contributed by atoms with E-state index in [1.165, 1.54) is 6.26 Å². The minimum atomic E-state index is -3.36. The third-order valence-electron chi connectivity index (χ3n) is 5.88. The van der Waals surface area contributed by atoms with E-state index in [0.717, 1.165) is 45.3 Å². The Kier molecular flexibility index (Phi) is 6.20. The summed E-state index contributed by atoms with van der Waals surface area (Å²) >= 11 is 12.8. The average Bonchev–Trinajstić information content (AvgIpc) is 3.43. The van der Waals surface area contributed by atoms with E-state index < -0.39 is 9.84 Å². The van der Waals surface area contributed by atoms with Gasteiger partial charge in [-0.2, -0.15) is 0 Å². The highest BCUT2D eigenvalue weighted by Crippen LogP contribution is 2.36. The molecule has 0 aliphatic rings. The molecule has 0 saturated carbocycles. The van der Waals surface area contributed by atoms with Crippen molar-refractivity contribution in [2.45, 2.75) is 18.7 Å². The maximum absolute atomic E-state index is 12.2. The van der Waals surface area contributed by atoms with Gasteiger partial charge < -0.3 is 0 Å². The highest BCUT2D eigenvalue weighted by Gasteiger charge is 2.20. The summed E-state index contributed by atoms with van der Waals surface area (Å²) in [5.41, 5.74) is 5.39. The molecule has 0 fully saturated rings. The van der Waals surface area contributed by atoms with Crippen LogP contribution in [0.25, 0.3) is 33.8 Å². The molecule has 5 aromatic rings. The number of sulfone groups is 1. The van der Waals surface area contributed by atoms with Crippen LogP contribution in [0.2, 0.25) is 10.2 Å². The number of halogens is 2. The lowest BCUT2D eigenvalue weighted by Gasteiger charge is -2.16. The van der Waals surface area contributed by atoms with Gasteiger partial charge in [0, 0.05) is 16.8 Å². The maximum Gasteiger partial charge on any atom is 0.175 e. The van der Waals surface area contributed by atoms with E-state index in [0.29, 0.717) is 10.2 Å². The van der Waals surface area contributed by atoms with Crippen molar-refractivity contribution < 1.29 is 8.42 Å². The van der Waals surface area contributed by atoms with Crippen LogP contribution in [-0.4, -0.2) is 39.2 Å². The molecule has 0 atom stereocenters. The molecule has 0 bridgehead atoms. The van der Waals surface area contributed by atoms with Crippen LogP contribution in [0, 0.1) is 13.8 Å². The molecule has 36 heavy (non-hydrogen) atoms. The molecule has 3 aromatic carbocycles. The third kappa shape index (κ3) is 4.43. The van der Waals surface area contributed by atoms with Crippen molar-refractivity contribution in [1.82, 2.24) is 24.5 Å². The van der Waals surface area contributed by atoms with Crippen LogP contribution in [0.3, 0.4) is 0 Å². The molecule has 0 spiro atoms. The summed E-state index contributed by atoms with van der Waals surface area (Å²) in [7, 11) is -3.36. The van der Waals surface area contributed by atoms with Gasteiger partial charge in [0.25, 0.3) is 0 Å². The molecule has 0 radical (unpaired) electrons. The standard InChI is InChI=1S/C26H21Cl2N5O2S/c1-16-26(28)32(17(2)30-16)24-12-7-19(18-5-4-6-22(13-18)36(3,34)35)14-23(24)25-15-29-31-33(25)21-10-8-20(27)9-11-21/h4-15H,1-3H3. The van der Waals surface area contributed by atoms with Gasteiger partial charge in [-0.25, -0.2) is 18.1 Å². The molecule has 7 nitrogen and oxygen atoms in total. The van der Waals surface area contributed by atoms with Gasteiger partial charge >= 0.3 is 0 Å². The fourth-order valence-electron chi connectivity index (χ4n) is 4.14. The van der Waals surface area contributed by atoms with Gasteiger partial charge in [0.1, 0.15) is 11.0 Å². The van der Waals surface area contributed by atoms with E-state index in [1.54, 1.807) is 41.2 Å². The Morgan fingerprint density at radius 1 is 0.889 bits per heavy atom. The lowest BCUT2D eigenvalue weighted by molar-refractivity contribution is 0.602. The number of rotatable bonds is 5. The van der Waals surface area contributed by atoms with Crippen LogP contribution in [0.1, 0.15) is 11.5 Å². The molecule has 0 N–H and O–H groups in total. The molecule has 0 saturated heterocycles. The number of hydrogen-bond donors (Lipinski definition) is 0. The lowest BCUT2D eigenvalue weighted by atomic mass is 10.00. The van der Waals surface area contributed by atoms with Crippen LogP contribution in [0.15, 0.2) is 77.8 Å². The van der Waals surface area contributed by atoms with Crippen LogP contribution in [0.5, 0.6) is 0 Å². The van der Waals surface area contributed by atoms with Crippen LogP contribution < -0.4 is 0 Å². The van der Waals surface area contributed by atoms with Crippen molar-refractivity contribution in [3.8, 4) is 33.8 Å². The Balaban J connectivity index is 1.76. The maximum atomic E-state index is 12.2. The highest BCUT2D eigenvalue weighted by molar-refractivity contribution is 7.90. The molecule has 0 aliphatic heterocycles. The lowest BCUT2D eigenvalue weighted by Crippen LogP contribution is -2.04. The number of aryl methyl sites for hydroxylation is 2. The Labute approximate surface area is 218 Å². The van der Waals surface area contributed by atoms with Gasteiger partial charge in [-0.3, -0.25) is 4.57 Å². The normalized spacial score (nSPS) is 11.7. The topological polar surface area (TPSA) is 82.7 Å². The molecular weight excluding hydrogens is 517 g/mol. The van der Waals surface area contributed by atoms with E-state index in [9.17, 15) is 8.42 Å². The molecule has 2 aromatic heterocycles. The second-order valence-electron chi connectivity index (χ2n) is 8.41. The SMILES string of the molecule is Cc1nc(C)n(-c2ccc(-c3cccc(S(C)(=O)=O)c3)cc2-c2cnnn2-c2ccc(Cl)cc2)c1Cl. The number of imidazole rings is 1. The first-order valence-electron chi connectivity index (χ1n) is 11.0. The summed E-state index contributed by atoms with van der Waals surface area (Å²) in [6, 6.07) is 20.0. The number of aromatic nitrogens is 5. The molecule has 2 heterocycles. The molecule has 182 valence electrons. The van der Waals surface area contributed by atoms with Gasteiger partial charge in [-0.05, 0) is 73.5 Å². The monoisotopic (exact) mass is 537 g/mol. The van der Waals surface area contributed by atoms with Crippen LogP contribution in [-0.2, 0) is 9.84 Å². The van der Waals surface area contributed by atoms with Gasteiger partial charge in [0.2, 0.25) is 0 Å². The molecular formula is C26H21Cl2N5O2S. The molecule has 0 unspecified atom stereocenters. The predicted octanol–water partition coefficient (Wildman–Crippen LogP) is 6.11. The summed E-state index contributed by atoms with van der Waals surface area (Å²) in [4.78, 5) is 4.78. The fraction of sp³-hybridized carbons (Fsp3) is 0.115. The second-order valence-corrected chi connectivity index (χ2v) is 11.2. The number of nitrogens with zero attached hydrogens (tertiary/aromatic N) is 5. The Morgan fingerprint density at radius 2 is 1.61 bits per heavy atom. The Bertz CT molecular complexity index is 1710. The largest absolute Gasteiger partial charge is 0.286 e. The first-order valence-corrected chi connectivity index (χ1v) is 13.6. The first-order chi connectivity index (χ1) is 17.1. The average molecular weight is 538 g/mol. The third-order valence-corrected chi connectivity index (χ3v) is 7.68. The summed E-state index contributed by atoms with van der Waals surface area (Å²) < 4.78 is 27.9. The van der Waals surface area contributed by atoms with Crippen LogP contribution in [0.4, 0.5) is 0 Å². The van der Waals surface area contributed by atoms with Crippen molar-refractivity contribution >= 4 is 33.0 Å². The highest BCUT2D eigenvalue weighted by atomic mass is 35.5. The molecule has 5 rings (SSSR count). The van der Waals surface area contributed by atoms with Crippen molar-refractivity contribution in [2.24, 2.45) is 0 Å². The summed E-state index contributed by atoms with van der Waals surface area (Å²) in [6.07, 6.45) is 2.88. The fourth-order valence-corrected chi connectivity index (χ4v) is 5.18. The van der Waals surface area contributed by atoms with Crippen molar-refractivity contribution in [1.29, 1.82) is 0 Å². The zero-order valence-electron chi connectivity index (χ0n) is 19.6. The van der Waals surface area contributed by atoms with E-state index in [2.05, 4.69) is 15.3 Å². The zero-order valence-corrected chi connectivity index (χ0v) is 22.0. The summed E-state index contributed by atoms with van der Waals surface area (Å²) in [5.74, 6) is 0.732. The van der Waals surface area contributed by atoms with Crippen molar-refractivity contribution in [3.63, 3.8) is 0 Å². The van der Waals surface area contributed by atoms with Crippen molar-refractivity contribution in [2.75, 3.05) is 6.26 Å². The minimum absolute atomic E-state index is 0.252. The Hall–Kier alpha value is -3.46. The van der Waals surface area contributed by atoms with Crippen LogP contribution >= 0.6 is 23.2 Å². The zero-order chi connectivity index (χ0) is 25.6. The Morgan fingerprint density at radius 3 is 2.28 bits per heavy atom. The first kappa shape index (κ1) is 24.2. The molecule has 10 heteroatoms. The van der Waals surface area contributed by atoms with E-state index >= 15 is 0 Å². The second kappa shape index (κ2) is 9.20. The predicted molar refractivity (Wildman–Crippen MR) is 142 cm³/mol. The molecule has 0 aliphatic carbocycles. The smallest absolute Gasteiger partial charge is 0.175 e. The van der Waals surface area contributed by atoms with Gasteiger partial charge in [0.05, 0.1) is 33.9 Å². The number of benzene rings is 3. The summed E-state index contributed by atoms with van der Waals surface area (Å²) in [5, 5.41) is 9.61. The van der Waals surface area contributed by atoms with E-state index in [-0.39, 0.29) is 4.90 Å². The minimum Gasteiger partial charge on any atom is -0.286 e.